The van der Waals surface area contributed by atoms with Crippen LogP contribution in [0.25, 0.3) is 11.3 Å². The van der Waals surface area contributed by atoms with Gasteiger partial charge in [-0.15, -0.1) is 0 Å². The summed E-state index contributed by atoms with van der Waals surface area (Å²) < 4.78 is 10.6. The molecule has 0 spiro atoms. The molecule has 1 N–H and O–H groups in total. The molecule has 0 radical (unpaired) electrons. The van der Waals surface area contributed by atoms with Gasteiger partial charge in [-0.25, -0.2) is 4.79 Å². The zero-order valence-electron chi connectivity index (χ0n) is 18.2. The van der Waals surface area contributed by atoms with Crippen molar-refractivity contribution in [1.29, 1.82) is 0 Å². The summed E-state index contributed by atoms with van der Waals surface area (Å²) in [4.78, 5) is 25.4. The molecule has 6 heteroatoms. The lowest BCUT2D eigenvalue weighted by Crippen LogP contribution is -2.56. The van der Waals surface area contributed by atoms with Gasteiger partial charge in [0.05, 0.1) is 0 Å². The fourth-order valence-corrected chi connectivity index (χ4v) is 6.75. The maximum absolute atomic E-state index is 12.7. The number of benzene rings is 1. The van der Waals surface area contributed by atoms with Gasteiger partial charge in [0.15, 0.2) is 6.61 Å². The first-order chi connectivity index (χ1) is 14.9. The van der Waals surface area contributed by atoms with E-state index in [1.165, 1.54) is 38.5 Å². The maximum atomic E-state index is 12.7. The van der Waals surface area contributed by atoms with Gasteiger partial charge in [0.1, 0.15) is 17.0 Å². The van der Waals surface area contributed by atoms with Gasteiger partial charge in [-0.1, -0.05) is 35.5 Å². The van der Waals surface area contributed by atoms with Crippen LogP contribution in [0, 0.1) is 30.1 Å². The fraction of sp³-hybridized carbons (Fsp3) is 0.560. The first kappa shape index (κ1) is 20.3. The number of nitrogens with one attached hydrogen (secondary N) is 1. The zero-order chi connectivity index (χ0) is 21.6. The van der Waals surface area contributed by atoms with Crippen molar-refractivity contribution in [3.05, 3.63) is 41.7 Å². The second-order valence-electron chi connectivity index (χ2n) is 9.97. The van der Waals surface area contributed by atoms with Crippen LogP contribution < -0.4 is 5.32 Å². The Morgan fingerprint density at radius 3 is 2.35 bits per heavy atom. The lowest BCUT2D eigenvalue weighted by atomic mass is 9.48. The third-order valence-corrected chi connectivity index (χ3v) is 7.83. The van der Waals surface area contributed by atoms with E-state index in [0.29, 0.717) is 11.5 Å². The first-order valence-electron chi connectivity index (χ1n) is 11.4. The van der Waals surface area contributed by atoms with E-state index in [9.17, 15) is 9.59 Å². The van der Waals surface area contributed by atoms with Crippen molar-refractivity contribution >= 4 is 11.9 Å². The summed E-state index contributed by atoms with van der Waals surface area (Å²) in [5.74, 6) is 2.04. The van der Waals surface area contributed by atoms with Crippen LogP contribution in [0.15, 0.2) is 34.9 Å². The standard InChI is InChI=1S/C25H30N2O4/c1-15-22(23(27-31-15)20-6-4-3-5-7-20)24(29)30-14-21(28)26-16(2)25-11-17-8-18(12-25)10-19(9-17)13-25/h3-7,16-19H,8-14H2,1-2H3,(H,26,28). The van der Waals surface area contributed by atoms with Gasteiger partial charge >= 0.3 is 5.97 Å². The number of ether oxygens (including phenoxy) is 1. The highest BCUT2D eigenvalue weighted by Gasteiger charge is 2.53. The molecule has 164 valence electrons. The maximum Gasteiger partial charge on any atom is 0.344 e. The van der Waals surface area contributed by atoms with E-state index in [0.717, 1.165) is 23.3 Å². The van der Waals surface area contributed by atoms with Crippen LogP contribution in [0.2, 0.25) is 0 Å². The number of aryl methyl sites for hydroxylation is 1. The number of amides is 1. The van der Waals surface area contributed by atoms with E-state index in [4.69, 9.17) is 9.26 Å². The van der Waals surface area contributed by atoms with Crippen molar-refractivity contribution < 1.29 is 18.8 Å². The van der Waals surface area contributed by atoms with E-state index in [2.05, 4.69) is 17.4 Å². The molecule has 0 aliphatic heterocycles. The summed E-state index contributed by atoms with van der Waals surface area (Å²) in [7, 11) is 0. The monoisotopic (exact) mass is 422 g/mol. The summed E-state index contributed by atoms with van der Waals surface area (Å²) in [5, 5.41) is 7.16. The second kappa shape index (κ2) is 7.81. The Bertz CT molecular complexity index is 945. The first-order valence-corrected chi connectivity index (χ1v) is 11.4. The summed E-state index contributed by atoms with van der Waals surface area (Å²) in [6.07, 6.45) is 7.79. The zero-order valence-corrected chi connectivity index (χ0v) is 18.2. The summed E-state index contributed by atoms with van der Waals surface area (Å²) in [5.41, 5.74) is 1.70. The molecule has 4 saturated carbocycles. The average Bonchev–Trinajstić information content (AvgIpc) is 3.13. The molecule has 1 heterocycles. The molecule has 1 amide bonds. The molecule has 4 aliphatic rings. The summed E-state index contributed by atoms with van der Waals surface area (Å²) in [6, 6.07) is 9.44. The Hall–Kier alpha value is -2.63. The Kier molecular flexibility index (Phi) is 5.11. The number of nitrogens with zero attached hydrogens (tertiary/aromatic N) is 1. The third-order valence-electron chi connectivity index (χ3n) is 7.83. The third kappa shape index (κ3) is 3.77. The van der Waals surface area contributed by atoms with E-state index < -0.39 is 5.97 Å². The van der Waals surface area contributed by atoms with Gasteiger partial charge in [-0.05, 0) is 75.5 Å². The summed E-state index contributed by atoms with van der Waals surface area (Å²) >= 11 is 0. The normalized spacial score (nSPS) is 29.5. The molecule has 4 aliphatic carbocycles. The van der Waals surface area contributed by atoms with E-state index in [1.54, 1.807) is 6.92 Å². The smallest absolute Gasteiger partial charge is 0.344 e. The van der Waals surface area contributed by atoms with Crippen LogP contribution in [0.4, 0.5) is 0 Å². The predicted molar refractivity (Wildman–Crippen MR) is 115 cm³/mol. The van der Waals surface area contributed by atoms with Crippen LogP contribution in [-0.2, 0) is 9.53 Å². The second-order valence-corrected chi connectivity index (χ2v) is 9.97. The minimum Gasteiger partial charge on any atom is -0.452 e. The van der Waals surface area contributed by atoms with Crippen LogP contribution in [0.5, 0.6) is 0 Å². The van der Waals surface area contributed by atoms with Gasteiger partial charge in [0.25, 0.3) is 5.91 Å². The lowest BCUT2D eigenvalue weighted by Gasteiger charge is -2.59. The molecule has 4 fully saturated rings. The Balaban J connectivity index is 1.21. The molecule has 4 bridgehead atoms. The van der Waals surface area contributed by atoms with Crippen molar-refractivity contribution in [2.24, 2.45) is 23.2 Å². The molecular formula is C25H30N2O4. The topological polar surface area (TPSA) is 81.4 Å². The van der Waals surface area contributed by atoms with Gasteiger partial charge in [-0.3, -0.25) is 4.79 Å². The van der Waals surface area contributed by atoms with E-state index in [1.807, 2.05) is 30.3 Å². The van der Waals surface area contributed by atoms with Gasteiger partial charge in [-0.2, -0.15) is 0 Å². The van der Waals surface area contributed by atoms with Crippen LogP contribution >= 0.6 is 0 Å². The quantitative estimate of drug-likeness (QED) is 0.692. The molecule has 0 saturated heterocycles. The van der Waals surface area contributed by atoms with Crippen LogP contribution in [0.1, 0.15) is 61.6 Å². The minimum atomic E-state index is -0.588. The highest BCUT2D eigenvalue weighted by atomic mass is 16.5. The highest BCUT2D eigenvalue weighted by molar-refractivity contribution is 5.98. The molecule has 1 unspecified atom stereocenters. The highest BCUT2D eigenvalue weighted by Crippen LogP contribution is 2.61. The van der Waals surface area contributed by atoms with Crippen molar-refractivity contribution in [3.63, 3.8) is 0 Å². The molecule has 2 aromatic rings. The number of carbonyl (C=O) groups is 2. The number of rotatable bonds is 6. The molecule has 31 heavy (non-hydrogen) atoms. The molecule has 1 aromatic carbocycles. The van der Waals surface area contributed by atoms with Crippen molar-refractivity contribution in [2.75, 3.05) is 6.61 Å². The molecular weight excluding hydrogens is 392 g/mol. The van der Waals surface area contributed by atoms with Gasteiger partial charge in [0.2, 0.25) is 0 Å². The van der Waals surface area contributed by atoms with E-state index >= 15 is 0 Å². The Labute approximate surface area is 182 Å². The van der Waals surface area contributed by atoms with Crippen molar-refractivity contribution in [1.82, 2.24) is 10.5 Å². The van der Waals surface area contributed by atoms with Gasteiger partial charge in [0, 0.05) is 11.6 Å². The molecule has 1 aromatic heterocycles. The van der Waals surface area contributed by atoms with Crippen LogP contribution in [0.3, 0.4) is 0 Å². The molecule has 6 rings (SSSR count). The van der Waals surface area contributed by atoms with Crippen LogP contribution in [-0.4, -0.2) is 29.7 Å². The number of esters is 1. The summed E-state index contributed by atoms with van der Waals surface area (Å²) in [6.45, 7) is 3.50. The SMILES string of the molecule is Cc1onc(-c2ccccc2)c1C(=O)OCC(=O)NC(C)C12CC3CC(CC(C3)C1)C2. The van der Waals surface area contributed by atoms with Crippen molar-refractivity contribution in [3.8, 4) is 11.3 Å². The number of hydrogen-bond donors (Lipinski definition) is 1. The molecule has 1 atom stereocenters. The molecule has 6 nitrogen and oxygen atoms in total. The Morgan fingerprint density at radius 1 is 1.13 bits per heavy atom. The van der Waals surface area contributed by atoms with Crippen molar-refractivity contribution in [2.45, 2.75) is 58.4 Å². The largest absolute Gasteiger partial charge is 0.452 e. The number of aromatic nitrogens is 1. The van der Waals surface area contributed by atoms with Gasteiger partial charge < -0.3 is 14.6 Å². The van der Waals surface area contributed by atoms with E-state index in [-0.39, 0.29) is 29.5 Å². The predicted octanol–water partition coefficient (Wildman–Crippen LogP) is 4.53. The Morgan fingerprint density at radius 2 is 1.74 bits per heavy atom. The lowest BCUT2D eigenvalue weighted by molar-refractivity contribution is -0.128. The number of hydrogen-bond acceptors (Lipinski definition) is 5. The average molecular weight is 423 g/mol. The number of carbonyl (C=O) groups excluding carboxylic acids is 2. The fourth-order valence-electron chi connectivity index (χ4n) is 6.75. The minimum absolute atomic E-state index is 0.101.